The average molecular weight is 210 g/mol. The summed E-state index contributed by atoms with van der Waals surface area (Å²) >= 11 is 0. The first-order valence-corrected chi connectivity index (χ1v) is 5.84. The number of allylic oxidation sites excluding steroid dienone is 1. The van der Waals surface area contributed by atoms with Crippen molar-refractivity contribution in [1.82, 2.24) is 0 Å². The third-order valence-corrected chi connectivity index (χ3v) is 2.93. The number of carbonyl (C=O) groups excluding carboxylic acids is 1. The number of carbonyl (C=O) groups is 1. The van der Waals surface area contributed by atoms with Crippen molar-refractivity contribution in [1.29, 1.82) is 0 Å². The molecule has 3 heteroatoms. The number of unbranched alkanes of at least 4 members (excludes halogenated alkanes) is 1. The Balaban J connectivity index is 1.84. The van der Waals surface area contributed by atoms with Crippen molar-refractivity contribution < 1.29 is 14.3 Å². The van der Waals surface area contributed by atoms with Crippen molar-refractivity contribution in [3.63, 3.8) is 0 Å². The highest BCUT2D eigenvalue weighted by atomic mass is 16.7. The van der Waals surface area contributed by atoms with Crippen LogP contribution in [0.5, 0.6) is 0 Å². The first kappa shape index (κ1) is 10.7. The van der Waals surface area contributed by atoms with Crippen LogP contribution in [0.4, 0.5) is 0 Å². The fraction of sp³-hybridized carbons (Fsp3) is 0.750. The van der Waals surface area contributed by atoms with Gasteiger partial charge in [0.1, 0.15) is 5.76 Å². The molecule has 0 N–H and O–H groups in total. The molecule has 3 nitrogen and oxygen atoms in total. The first-order chi connectivity index (χ1) is 7.31. The van der Waals surface area contributed by atoms with Crippen LogP contribution >= 0.6 is 0 Å². The fourth-order valence-electron chi connectivity index (χ4n) is 2.04. The highest BCUT2D eigenvalue weighted by Gasteiger charge is 2.32. The van der Waals surface area contributed by atoms with E-state index in [1.165, 1.54) is 0 Å². The molecule has 0 fully saturated rings. The van der Waals surface area contributed by atoms with E-state index in [2.05, 4.69) is 6.92 Å². The lowest BCUT2D eigenvalue weighted by molar-refractivity contribution is -0.116. The van der Waals surface area contributed by atoms with E-state index in [0.717, 1.165) is 43.6 Å². The Kier molecular flexibility index (Phi) is 3.41. The largest absolute Gasteiger partial charge is 0.469 e. The molecule has 1 heterocycles. The minimum absolute atomic E-state index is 0.191. The Morgan fingerprint density at radius 1 is 1.47 bits per heavy atom. The molecule has 15 heavy (non-hydrogen) atoms. The van der Waals surface area contributed by atoms with Gasteiger partial charge in [-0.3, -0.25) is 4.79 Å². The summed E-state index contributed by atoms with van der Waals surface area (Å²) in [5.41, 5.74) is 0.891. The van der Waals surface area contributed by atoms with Crippen molar-refractivity contribution in [3.05, 3.63) is 11.3 Å². The lowest BCUT2D eigenvalue weighted by Crippen LogP contribution is -2.13. The van der Waals surface area contributed by atoms with Gasteiger partial charge in [0.05, 0.1) is 6.61 Å². The number of Topliss-reactive ketones (excluding diaryl/α,β-unsaturated/α-hetero) is 1. The highest BCUT2D eigenvalue weighted by molar-refractivity contribution is 5.96. The van der Waals surface area contributed by atoms with E-state index in [1.54, 1.807) is 0 Å². The second-order valence-corrected chi connectivity index (χ2v) is 4.15. The molecular weight excluding hydrogens is 192 g/mol. The van der Waals surface area contributed by atoms with Gasteiger partial charge in [0.2, 0.25) is 6.29 Å². The van der Waals surface area contributed by atoms with Crippen LogP contribution in [-0.4, -0.2) is 18.7 Å². The van der Waals surface area contributed by atoms with Gasteiger partial charge in [0.15, 0.2) is 5.78 Å². The van der Waals surface area contributed by atoms with E-state index in [-0.39, 0.29) is 12.1 Å². The Labute approximate surface area is 90.4 Å². The van der Waals surface area contributed by atoms with Crippen LogP contribution in [0.2, 0.25) is 0 Å². The van der Waals surface area contributed by atoms with Crippen molar-refractivity contribution >= 4 is 5.78 Å². The van der Waals surface area contributed by atoms with Crippen LogP contribution in [-0.2, 0) is 14.3 Å². The molecule has 0 amide bonds. The van der Waals surface area contributed by atoms with Gasteiger partial charge in [0, 0.05) is 24.8 Å². The molecule has 84 valence electrons. The molecule has 1 aliphatic heterocycles. The van der Waals surface area contributed by atoms with Crippen LogP contribution in [0, 0.1) is 0 Å². The van der Waals surface area contributed by atoms with Crippen molar-refractivity contribution in [2.75, 3.05) is 6.61 Å². The van der Waals surface area contributed by atoms with E-state index in [1.807, 2.05) is 0 Å². The van der Waals surface area contributed by atoms with Crippen LogP contribution in [0.1, 0.15) is 45.4 Å². The van der Waals surface area contributed by atoms with Gasteiger partial charge >= 0.3 is 0 Å². The molecule has 0 aromatic rings. The van der Waals surface area contributed by atoms with Crippen molar-refractivity contribution in [2.45, 2.75) is 51.7 Å². The molecule has 0 spiro atoms. The fourth-order valence-corrected chi connectivity index (χ4v) is 2.04. The summed E-state index contributed by atoms with van der Waals surface area (Å²) in [5, 5.41) is 0. The highest BCUT2D eigenvalue weighted by Crippen LogP contribution is 2.34. The first-order valence-electron chi connectivity index (χ1n) is 5.84. The summed E-state index contributed by atoms with van der Waals surface area (Å²) in [6.45, 7) is 2.86. The van der Waals surface area contributed by atoms with E-state index in [0.29, 0.717) is 12.8 Å². The van der Waals surface area contributed by atoms with Crippen LogP contribution in [0.15, 0.2) is 11.3 Å². The summed E-state index contributed by atoms with van der Waals surface area (Å²) < 4.78 is 11.2. The molecule has 1 atom stereocenters. The lowest BCUT2D eigenvalue weighted by atomic mass is 9.96. The number of ketones is 1. The van der Waals surface area contributed by atoms with E-state index >= 15 is 0 Å². The third-order valence-electron chi connectivity index (χ3n) is 2.93. The number of hydrogen-bond acceptors (Lipinski definition) is 3. The van der Waals surface area contributed by atoms with Gasteiger partial charge in [-0.05, 0) is 12.8 Å². The maximum absolute atomic E-state index is 11.6. The zero-order valence-electron chi connectivity index (χ0n) is 9.25. The summed E-state index contributed by atoms with van der Waals surface area (Å²) in [5.74, 6) is 1.16. The minimum Gasteiger partial charge on any atom is -0.469 e. The molecule has 0 aromatic carbocycles. The standard InChI is InChI=1S/C12H18O3/c1-2-3-7-14-12-8-9-10(13)5-4-6-11(9)15-12/h12H,2-8H2,1H3. The van der Waals surface area contributed by atoms with E-state index in [4.69, 9.17) is 9.47 Å². The van der Waals surface area contributed by atoms with Gasteiger partial charge in [0.25, 0.3) is 0 Å². The third kappa shape index (κ3) is 2.40. The number of ether oxygens (including phenoxy) is 2. The number of rotatable bonds is 4. The summed E-state index contributed by atoms with van der Waals surface area (Å²) in [4.78, 5) is 11.6. The maximum Gasteiger partial charge on any atom is 0.203 e. The van der Waals surface area contributed by atoms with Gasteiger partial charge in [-0.1, -0.05) is 13.3 Å². The van der Waals surface area contributed by atoms with Crippen LogP contribution in [0.25, 0.3) is 0 Å². The Bertz CT molecular complexity index is 281. The Hall–Kier alpha value is -0.830. The monoisotopic (exact) mass is 210 g/mol. The molecule has 0 saturated heterocycles. The summed E-state index contributed by atoms with van der Waals surface area (Å²) in [7, 11) is 0. The molecule has 0 saturated carbocycles. The zero-order valence-corrected chi connectivity index (χ0v) is 9.25. The SMILES string of the molecule is CCCCOC1CC2=C(CCCC2=O)O1. The minimum atomic E-state index is -0.191. The molecular formula is C12H18O3. The molecule has 2 rings (SSSR count). The topological polar surface area (TPSA) is 35.5 Å². The second-order valence-electron chi connectivity index (χ2n) is 4.15. The smallest absolute Gasteiger partial charge is 0.203 e. The Morgan fingerprint density at radius 2 is 2.33 bits per heavy atom. The van der Waals surface area contributed by atoms with Crippen LogP contribution < -0.4 is 0 Å². The van der Waals surface area contributed by atoms with Gasteiger partial charge in [-0.15, -0.1) is 0 Å². The van der Waals surface area contributed by atoms with Crippen LogP contribution in [0.3, 0.4) is 0 Å². The van der Waals surface area contributed by atoms with Crippen molar-refractivity contribution in [2.24, 2.45) is 0 Å². The summed E-state index contributed by atoms with van der Waals surface area (Å²) in [6, 6.07) is 0. The van der Waals surface area contributed by atoms with Gasteiger partial charge in [-0.2, -0.15) is 0 Å². The molecule has 1 unspecified atom stereocenters. The predicted octanol–water partition coefficient (Wildman–Crippen LogP) is 2.56. The molecule has 1 aliphatic carbocycles. The zero-order chi connectivity index (χ0) is 10.7. The molecule has 0 radical (unpaired) electrons. The lowest BCUT2D eigenvalue weighted by Gasteiger charge is -2.13. The molecule has 2 aliphatic rings. The van der Waals surface area contributed by atoms with Gasteiger partial charge in [-0.25, -0.2) is 0 Å². The normalized spacial score (nSPS) is 25.4. The van der Waals surface area contributed by atoms with Crippen molar-refractivity contribution in [3.8, 4) is 0 Å². The number of hydrogen-bond donors (Lipinski definition) is 0. The quantitative estimate of drug-likeness (QED) is 0.669. The average Bonchev–Trinajstić information content (AvgIpc) is 2.63. The van der Waals surface area contributed by atoms with E-state index < -0.39 is 0 Å². The van der Waals surface area contributed by atoms with E-state index in [9.17, 15) is 4.79 Å². The predicted molar refractivity (Wildman–Crippen MR) is 56.2 cm³/mol. The second kappa shape index (κ2) is 4.79. The maximum atomic E-state index is 11.6. The molecule has 0 bridgehead atoms. The Morgan fingerprint density at radius 3 is 3.07 bits per heavy atom. The van der Waals surface area contributed by atoms with Gasteiger partial charge < -0.3 is 9.47 Å². The summed E-state index contributed by atoms with van der Waals surface area (Å²) in [6.07, 6.45) is 5.18. The molecule has 0 aromatic heterocycles.